The Morgan fingerprint density at radius 3 is 2.72 bits per heavy atom. The van der Waals surface area contributed by atoms with Gasteiger partial charge in [-0.15, -0.1) is 11.3 Å². The molecule has 0 aliphatic carbocycles. The van der Waals surface area contributed by atoms with Crippen molar-refractivity contribution in [3.8, 4) is 11.3 Å². The summed E-state index contributed by atoms with van der Waals surface area (Å²) in [5, 5.41) is 4.14. The highest BCUT2D eigenvalue weighted by molar-refractivity contribution is 7.16. The molecule has 0 aliphatic rings. The topological polar surface area (TPSA) is 24.9 Å². The third kappa shape index (κ3) is 2.88. The van der Waals surface area contributed by atoms with Gasteiger partial charge in [-0.2, -0.15) is 0 Å². The number of aromatic nitrogens is 1. The highest BCUT2D eigenvalue weighted by atomic mass is 32.1. The molecule has 0 aliphatic heterocycles. The van der Waals surface area contributed by atoms with Gasteiger partial charge in [-0.1, -0.05) is 26.0 Å². The van der Waals surface area contributed by atoms with E-state index >= 15 is 0 Å². The first-order chi connectivity index (χ1) is 8.58. The fourth-order valence-electron chi connectivity index (χ4n) is 1.67. The summed E-state index contributed by atoms with van der Waals surface area (Å²) in [6.07, 6.45) is 0. The van der Waals surface area contributed by atoms with Crippen LogP contribution in [0.2, 0.25) is 0 Å². The van der Waals surface area contributed by atoms with Crippen molar-refractivity contribution < 1.29 is 4.39 Å². The lowest BCUT2D eigenvalue weighted by atomic mass is 10.1. The molecule has 0 atom stereocenters. The van der Waals surface area contributed by atoms with E-state index in [-0.39, 0.29) is 5.82 Å². The predicted octanol–water partition coefficient (Wildman–Crippen LogP) is 4.33. The third-order valence-electron chi connectivity index (χ3n) is 2.59. The van der Waals surface area contributed by atoms with Crippen LogP contribution in [0.15, 0.2) is 24.3 Å². The minimum atomic E-state index is -0.221. The molecule has 0 amide bonds. The van der Waals surface area contributed by atoms with E-state index in [2.05, 4.69) is 24.1 Å². The molecule has 0 saturated carbocycles. The van der Waals surface area contributed by atoms with E-state index in [0.717, 1.165) is 22.2 Å². The summed E-state index contributed by atoms with van der Waals surface area (Å²) in [5.41, 5.74) is 1.31. The molecule has 1 aromatic heterocycles. The highest BCUT2D eigenvalue weighted by Gasteiger charge is 2.13. The summed E-state index contributed by atoms with van der Waals surface area (Å²) >= 11 is 1.57. The van der Waals surface area contributed by atoms with Crippen LogP contribution in [0.4, 0.5) is 9.52 Å². The van der Waals surface area contributed by atoms with Crippen molar-refractivity contribution >= 4 is 16.5 Å². The lowest BCUT2D eigenvalue weighted by Crippen LogP contribution is -2.07. The third-order valence-corrected chi connectivity index (χ3v) is 3.52. The fourth-order valence-corrected chi connectivity index (χ4v) is 2.50. The molecule has 1 aromatic carbocycles. The zero-order valence-corrected chi connectivity index (χ0v) is 11.6. The normalized spacial score (nSPS) is 10.9. The van der Waals surface area contributed by atoms with Gasteiger partial charge in [-0.3, -0.25) is 0 Å². The molecule has 96 valence electrons. The van der Waals surface area contributed by atoms with Crippen molar-refractivity contribution in [3.05, 3.63) is 35.0 Å². The van der Waals surface area contributed by atoms with Crippen LogP contribution in [0.3, 0.4) is 0 Å². The molecule has 0 bridgehead atoms. The number of rotatable bonds is 4. The Morgan fingerprint density at radius 2 is 2.06 bits per heavy atom. The summed E-state index contributed by atoms with van der Waals surface area (Å²) in [6.45, 7) is 7.14. The first-order valence-corrected chi connectivity index (χ1v) is 6.85. The Kier molecular flexibility index (Phi) is 3.97. The monoisotopic (exact) mass is 264 g/mol. The molecule has 0 spiro atoms. The van der Waals surface area contributed by atoms with Gasteiger partial charge in [0.2, 0.25) is 0 Å². The highest BCUT2D eigenvalue weighted by Crippen LogP contribution is 2.31. The molecule has 0 radical (unpaired) electrons. The van der Waals surface area contributed by atoms with Gasteiger partial charge in [-0.25, -0.2) is 9.37 Å². The maximum absolute atomic E-state index is 13.7. The Balaban J connectivity index is 2.27. The largest absolute Gasteiger partial charge is 0.361 e. The van der Waals surface area contributed by atoms with Gasteiger partial charge < -0.3 is 5.32 Å². The molecule has 4 heteroatoms. The van der Waals surface area contributed by atoms with E-state index in [9.17, 15) is 4.39 Å². The molecule has 2 aromatic rings. The lowest BCUT2D eigenvalue weighted by molar-refractivity contribution is 0.630. The molecule has 2 nitrogen and oxygen atoms in total. The standard InChI is InChI=1S/C14H17FN2S/c1-9(2)8-16-14-17-13(10(3)18-14)11-6-4-5-7-12(11)15/h4-7,9H,8H2,1-3H3,(H,16,17). The smallest absolute Gasteiger partial charge is 0.183 e. The van der Waals surface area contributed by atoms with E-state index in [0.29, 0.717) is 11.5 Å². The number of halogens is 1. The van der Waals surface area contributed by atoms with E-state index in [1.165, 1.54) is 6.07 Å². The molecular weight excluding hydrogens is 247 g/mol. The number of hydrogen-bond acceptors (Lipinski definition) is 3. The van der Waals surface area contributed by atoms with Crippen LogP contribution in [0.5, 0.6) is 0 Å². The Labute approximate surface area is 111 Å². The van der Waals surface area contributed by atoms with Crippen molar-refractivity contribution in [2.45, 2.75) is 20.8 Å². The molecule has 0 saturated heterocycles. The Morgan fingerprint density at radius 1 is 1.33 bits per heavy atom. The van der Waals surface area contributed by atoms with Crippen molar-refractivity contribution in [3.63, 3.8) is 0 Å². The van der Waals surface area contributed by atoms with E-state index in [1.54, 1.807) is 23.5 Å². The van der Waals surface area contributed by atoms with Gasteiger partial charge in [0.15, 0.2) is 5.13 Å². The number of nitrogens with one attached hydrogen (secondary N) is 1. The molecular formula is C14H17FN2S. The summed E-state index contributed by atoms with van der Waals surface area (Å²) in [4.78, 5) is 5.51. The lowest BCUT2D eigenvalue weighted by Gasteiger charge is -2.04. The van der Waals surface area contributed by atoms with E-state index in [1.807, 2.05) is 13.0 Å². The average Bonchev–Trinajstić information content (AvgIpc) is 2.69. The van der Waals surface area contributed by atoms with Gasteiger partial charge in [0.1, 0.15) is 5.82 Å². The number of benzene rings is 1. The number of thiazole rings is 1. The minimum absolute atomic E-state index is 0.221. The first-order valence-electron chi connectivity index (χ1n) is 6.04. The van der Waals surface area contributed by atoms with Crippen LogP contribution in [-0.4, -0.2) is 11.5 Å². The van der Waals surface area contributed by atoms with Gasteiger partial charge in [0, 0.05) is 17.0 Å². The maximum atomic E-state index is 13.7. The zero-order chi connectivity index (χ0) is 13.1. The van der Waals surface area contributed by atoms with Gasteiger partial charge in [0.25, 0.3) is 0 Å². The summed E-state index contributed by atoms with van der Waals surface area (Å²) in [6, 6.07) is 6.76. The van der Waals surface area contributed by atoms with E-state index < -0.39 is 0 Å². The Hall–Kier alpha value is -1.42. The number of nitrogens with zero attached hydrogens (tertiary/aromatic N) is 1. The molecule has 2 rings (SSSR count). The first kappa shape index (κ1) is 13.0. The molecule has 18 heavy (non-hydrogen) atoms. The van der Waals surface area contributed by atoms with Crippen LogP contribution in [0.25, 0.3) is 11.3 Å². The summed E-state index contributed by atoms with van der Waals surface area (Å²) in [5.74, 6) is 0.340. The summed E-state index contributed by atoms with van der Waals surface area (Å²) in [7, 11) is 0. The second-order valence-corrected chi connectivity index (χ2v) is 5.88. The SMILES string of the molecule is Cc1sc(NCC(C)C)nc1-c1ccccc1F. The number of anilines is 1. The second kappa shape index (κ2) is 5.48. The van der Waals surface area contributed by atoms with Crippen molar-refractivity contribution in [2.75, 3.05) is 11.9 Å². The molecule has 1 heterocycles. The minimum Gasteiger partial charge on any atom is -0.361 e. The average molecular weight is 264 g/mol. The van der Waals surface area contributed by atoms with Crippen molar-refractivity contribution in [1.29, 1.82) is 0 Å². The van der Waals surface area contributed by atoms with Gasteiger partial charge in [0.05, 0.1) is 5.69 Å². The van der Waals surface area contributed by atoms with E-state index in [4.69, 9.17) is 0 Å². The van der Waals surface area contributed by atoms with Crippen molar-refractivity contribution in [2.24, 2.45) is 5.92 Å². The van der Waals surface area contributed by atoms with Gasteiger partial charge >= 0.3 is 0 Å². The second-order valence-electron chi connectivity index (χ2n) is 4.68. The number of hydrogen-bond donors (Lipinski definition) is 1. The van der Waals surface area contributed by atoms with Crippen LogP contribution in [0, 0.1) is 18.7 Å². The fraction of sp³-hybridized carbons (Fsp3) is 0.357. The predicted molar refractivity (Wildman–Crippen MR) is 75.6 cm³/mol. The molecule has 1 N–H and O–H groups in total. The number of aryl methyl sites for hydroxylation is 1. The molecule has 0 unspecified atom stereocenters. The Bertz CT molecular complexity index is 534. The van der Waals surface area contributed by atoms with Crippen molar-refractivity contribution in [1.82, 2.24) is 4.98 Å². The van der Waals surface area contributed by atoms with Crippen LogP contribution >= 0.6 is 11.3 Å². The van der Waals surface area contributed by atoms with Crippen LogP contribution < -0.4 is 5.32 Å². The quantitative estimate of drug-likeness (QED) is 0.889. The zero-order valence-electron chi connectivity index (χ0n) is 10.8. The summed E-state index contributed by atoms with van der Waals surface area (Å²) < 4.78 is 13.7. The maximum Gasteiger partial charge on any atom is 0.183 e. The van der Waals surface area contributed by atoms with Gasteiger partial charge in [-0.05, 0) is 25.0 Å². The van der Waals surface area contributed by atoms with Crippen LogP contribution in [0.1, 0.15) is 18.7 Å². The van der Waals surface area contributed by atoms with Crippen LogP contribution in [-0.2, 0) is 0 Å². The molecule has 0 fully saturated rings.